The summed E-state index contributed by atoms with van der Waals surface area (Å²) in [4.78, 5) is 0. The van der Waals surface area contributed by atoms with E-state index in [1.807, 2.05) is 7.05 Å². The van der Waals surface area contributed by atoms with Gasteiger partial charge in [0.05, 0.1) is 6.61 Å². The fourth-order valence-electron chi connectivity index (χ4n) is 1.63. The Balaban J connectivity index is 2.30. The van der Waals surface area contributed by atoms with Crippen LogP contribution in [0.5, 0.6) is 5.75 Å². The Bertz CT molecular complexity index is 294. The van der Waals surface area contributed by atoms with Gasteiger partial charge in [-0.05, 0) is 50.9 Å². The van der Waals surface area contributed by atoms with E-state index in [9.17, 15) is 0 Å². The Morgan fingerprint density at radius 2 is 1.94 bits per heavy atom. The summed E-state index contributed by atoms with van der Waals surface area (Å²) in [6.07, 6.45) is 4.72. The van der Waals surface area contributed by atoms with Crippen LogP contribution in [0.1, 0.15) is 38.7 Å². The predicted molar refractivity (Wildman–Crippen MR) is 73.7 cm³/mol. The summed E-state index contributed by atoms with van der Waals surface area (Å²) >= 11 is 0. The van der Waals surface area contributed by atoms with E-state index in [1.165, 1.54) is 24.8 Å². The lowest BCUT2D eigenvalue weighted by Gasteiger charge is -2.11. The number of hydrogen-bond acceptors (Lipinski definition) is 2. The first kappa shape index (κ1) is 14.0. The maximum absolute atomic E-state index is 5.70. The molecule has 0 aliphatic carbocycles. The molecule has 1 unspecified atom stereocenters. The van der Waals surface area contributed by atoms with Gasteiger partial charge in [0.25, 0.3) is 0 Å². The van der Waals surface area contributed by atoms with E-state index >= 15 is 0 Å². The summed E-state index contributed by atoms with van der Waals surface area (Å²) in [5.74, 6) is 0.980. The van der Waals surface area contributed by atoms with Gasteiger partial charge in [0, 0.05) is 6.04 Å². The van der Waals surface area contributed by atoms with Crippen LogP contribution in [0, 0.1) is 0 Å². The monoisotopic (exact) mass is 235 g/mol. The van der Waals surface area contributed by atoms with Gasteiger partial charge in [0.2, 0.25) is 0 Å². The van der Waals surface area contributed by atoms with Gasteiger partial charge >= 0.3 is 0 Å². The molecule has 0 fully saturated rings. The minimum absolute atomic E-state index is 0.513. The van der Waals surface area contributed by atoms with Crippen LogP contribution in [-0.2, 0) is 6.42 Å². The summed E-state index contributed by atoms with van der Waals surface area (Å²) in [5, 5.41) is 3.20. The van der Waals surface area contributed by atoms with Crippen molar-refractivity contribution in [3.05, 3.63) is 29.8 Å². The molecule has 0 radical (unpaired) electrons. The number of benzene rings is 1. The first-order chi connectivity index (χ1) is 8.26. The molecule has 1 aromatic rings. The number of ether oxygens (including phenoxy) is 1. The van der Waals surface area contributed by atoms with Gasteiger partial charge in [-0.3, -0.25) is 0 Å². The molecular formula is C15H25NO. The predicted octanol–water partition coefficient (Wildman–Crippen LogP) is 3.41. The molecule has 17 heavy (non-hydrogen) atoms. The number of unbranched alkanes of at least 4 members (excludes halogenated alkanes) is 1. The van der Waals surface area contributed by atoms with Crippen molar-refractivity contribution in [1.82, 2.24) is 5.32 Å². The molecule has 0 aliphatic rings. The molecule has 1 aromatic carbocycles. The van der Waals surface area contributed by atoms with Gasteiger partial charge < -0.3 is 10.1 Å². The first-order valence-corrected chi connectivity index (χ1v) is 6.65. The van der Waals surface area contributed by atoms with Crippen molar-refractivity contribution in [2.45, 2.75) is 45.6 Å². The Morgan fingerprint density at radius 1 is 1.24 bits per heavy atom. The summed E-state index contributed by atoms with van der Waals surface area (Å²) in [6.45, 7) is 5.16. The number of rotatable bonds is 8. The Labute approximate surface area is 105 Å². The third kappa shape index (κ3) is 5.73. The van der Waals surface area contributed by atoms with Crippen LogP contribution in [0.3, 0.4) is 0 Å². The third-order valence-corrected chi connectivity index (χ3v) is 3.05. The van der Waals surface area contributed by atoms with Crippen molar-refractivity contribution >= 4 is 0 Å². The lowest BCUT2D eigenvalue weighted by Crippen LogP contribution is -2.23. The molecule has 1 atom stereocenters. The van der Waals surface area contributed by atoms with Crippen molar-refractivity contribution in [2.75, 3.05) is 13.7 Å². The van der Waals surface area contributed by atoms with E-state index in [0.29, 0.717) is 6.04 Å². The van der Waals surface area contributed by atoms with Gasteiger partial charge in [0.15, 0.2) is 0 Å². The van der Waals surface area contributed by atoms with Crippen molar-refractivity contribution in [3.8, 4) is 5.75 Å². The van der Waals surface area contributed by atoms with Gasteiger partial charge in [-0.1, -0.05) is 25.5 Å². The highest BCUT2D eigenvalue weighted by Crippen LogP contribution is 2.14. The summed E-state index contributed by atoms with van der Waals surface area (Å²) < 4.78 is 5.70. The molecule has 0 bridgehead atoms. The van der Waals surface area contributed by atoms with Gasteiger partial charge in [-0.2, -0.15) is 0 Å². The molecule has 0 heterocycles. The van der Waals surface area contributed by atoms with Gasteiger partial charge in [-0.25, -0.2) is 0 Å². The average molecular weight is 235 g/mol. The summed E-state index contributed by atoms with van der Waals surface area (Å²) in [6, 6.07) is 9.02. The average Bonchev–Trinajstić information content (AvgIpc) is 2.37. The zero-order chi connectivity index (χ0) is 12.5. The Morgan fingerprint density at radius 3 is 2.53 bits per heavy atom. The van der Waals surface area contributed by atoms with E-state index in [1.54, 1.807) is 0 Å². The quantitative estimate of drug-likeness (QED) is 0.745. The van der Waals surface area contributed by atoms with E-state index in [4.69, 9.17) is 4.74 Å². The lowest BCUT2D eigenvalue weighted by molar-refractivity contribution is 0.293. The van der Waals surface area contributed by atoms with Crippen LogP contribution < -0.4 is 10.1 Å². The molecule has 96 valence electrons. The fourth-order valence-corrected chi connectivity index (χ4v) is 1.63. The number of hydrogen-bond donors (Lipinski definition) is 1. The standard InChI is InChI=1S/C15H25NO/c1-4-5-6-14-7-9-15(10-8-14)17-12-11-13(2)16-3/h7-10,13,16H,4-6,11-12H2,1-3H3. The molecule has 0 spiro atoms. The Hall–Kier alpha value is -1.02. The third-order valence-electron chi connectivity index (χ3n) is 3.05. The molecule has 0 aromatic heterocycles. The van der Waals surface area contributed by atoms with Crippen molar-refractivity contribution in [1.29, 1.82) is 0 Å². The maximum atomic E-state index is 5.70. The molecule has 0 saturated carbocycles. The molecule has 2 nitrogen and oxygen atoms in total. The van der Waals surface area contributed by atoms with Crippen LogP contribution in [0.4, 0.5) is 0 Å². The smallest absolute Gasteiger partial charge is 0.119 e. The van der Waals surface area contributed by atoms with Gasteiger partial charge in [-0.15, -0.1) is 0 Å². The number of nitrogens with one attached hydrogen (secondary N) is 1. The minimum atomic E-state index is 0.513. The first-order valence-electron chi connectivity index (χ1n) is 6.65. The molecule has 2 heteroatoms. The molecule has 0 aliphatic heterocycles. The second-order valence-corrected chi connectivity index (χ2v) is 4.57. The van der Waals surface area contributed by atoms with E-state index in [0.717, 1.165) is 18.8 Å². The SMILES string of the molecule is CCCCc1ccc(OCCC(C)NC)cc1. The lowest BCUT2D eigenvalue weighted by atomic mass is 10.1. The number of aryl methyl sites for hydroxylation is 1. The zero-order valence-corrected chi connectivity index (χ0v) is 11.3. The second kappa shape index (κ2) is 8.13. The zero-order valence-electron chi connectivity index (χ0n) is 11.3. The van der Waals surface area contributed by atoms with Gasteiger partial charge in [0.1, 0.15) is 5.75 Å². The largest absolute Gasteiger partial charge is 0.494 e. The van der Waals surface area contributed by atoms with Crippen molar-refractivity contribution < 1.29 is 4.74 Å². The molecule has 1 rings (SSSR count). The highest BCUT2D eigenvalue weighted by molar-refractivity contribution is 5.27. The molecule has 0 amide bonds. The molecule has 0 saturated heterocycles. The molecular weight excluding hydrogens is 210 g/mol. The van der Waals surface area contributed by atoms with Crippen molar-refractivity contribution in [2.24, 2.45) is 0 Å². The highest BCUT2D eigenvalue weighted by atomic mass is 16.5. The van der Waals surface area contributed by atoms with E-state index < -0.39 is 0 Å². The van der Waals surface area contributed by atoms with Crippen LogP contribution in [0.25, 0.3) is 0 Å². The highest BCUT2D eigenvalue weighted by Gasteiger charge is 1.99. The summed E-state index contributed by atoms with van der Waals surface area (Å²) in [7, 11) is 1.98. The topological polar surface area (TPSA) is 21.3 Å². The Kier molecular flexibility index (Phi) is 6.71. The van der Waals surface area contributed by atoms with Crippen LogP contribution >= 0.6 is 0 Å². The van der Waals surface area contributed by atoms with E-state index in [2.05, 4.69) is 43.4 Å². The maximum Gasteiger partial charge on any atom is 0.119 e. The summed E-state index contributed by atoms with van der Waals surface area (Å²) in [5.41, 5.74) is 1.41. The van der Waals surface area contributed by atoms with Crippen LogP contribution in [-0.4, -0.2) is 19.7 Å². The second-order valence-electron chi connectivity index (χ2n) is 4.57. The minimum Gasteiger partial charge on any atom is -0.494 e. The normalized spacial score (nSPS) is 12.4. The van der Waals surface area contributed by atoms with Crippen molar-refractivity contribution in [3.63, 3.8) is 0 Å². The fraction of sp³-hybridized carbons (Fsp3) is 0.600. The van der Waals surface area contributed by atoms with E-state index in [-0.39, 0.29) is 0 Å². The molecule has 1 N–H and O–H groups in total. The van der Waals surface area contributed by atoms with Crippen LogP contribution in [0.2, 0.25) is 0 Å². The van der Waals surface area contributed by atoms with Crippen LogP contribution in [0.15, 0.2) is 24.3 Å².